The second kappa shape index (κ2) is 9.10. The molecule has 1 unspecified atom stereocenters. The number of fused-ring (bicyclic) bond motifs is 1. The molecule has 1 N–H and O–H groups in total. The van der Waals surface area contributed by atoms with Gasteiger partial charge in [-0.1, -0.05) is 0 Å². The quantitative estimate of drug-likeness (QED) is 0.722. The zero-order chi connectivity index (χ0) is 20.1. The van der Waals surface area contributed by atoms with Gasteiger partial charge < -0.3 is 24.2 Å². The van der Waals surface area contributed by atoms with Crippen molar-refractivity contribution in [2.75, 3.05) is 26.4 Å². The molecular weight excluding hydrogens is 362 g/mol. The fourth-order valence-corrected chi connectivity index (χ4v) is 3.65. The Kier molecular flexibility index (Phi) is 6.57. The van der Waals surface area contributed by atoms with Gasteiger partial charge in [-0.15, -0.1) is 0 Å². The number of carbonyl (C=O) groups excluding carboxylic acids is 1. The largest absolute Gasteiger partial charge is 0.493 e. The molecule has 2 aliphatic rings. The Balaban J connectivity index is 1.81. The molecule has 1 amide bonds. The van der Waals surface area contributed by atoms with Gasteiger partial charge in [0.1, 0.15) is 24.1 Å². The maximum absolute atomic E-state index is 12.8. The lowest BCUT2D eigenvalue weighted by Gasteiger charge is -2.32. The normalized spacial score (nSPS) is 19.3. The maximum Gasteiger partial charge on any atom is 0.323 e. The molecule has 1 aromatic carbocycles. The molecule has 7 heteroatoms. The van der Waals surface area contributed by atoms with Gasteiger partial charge in [-0.3, -0.25) is 9.59 Å². The highest BCUT2D eigenvalue weighted by Crippen LogP contribution is 2.35. The van der Waals surface area contributed by atoms with Crippen molar-refractivity contribution >= 4 is 18.0 Å². The van der Waals surface area contributed by atoms with Crippen molar-refractivity contribution in [2.45, 2.75) is 45.3 Å². The number of nitrogens with zero attached hydrogens (tertiary/aromatic N) is 1. The molecule has 0 spiro atoms. The van der Waals surface area contributed by atoms with E-state index in [1.807, 2.05) is 26.0 Å². The molecule has 152 valence electrons. The number of rotatable bonds is 7. The van der Waals surface area contributed by atoms with Crippen LogP contribution >= 0.6 is 0 Å². The Morgan fingerprint density at radius 3 is 2.75 bits per heavy atom. The molecule has 1 saturated heterocycles. The molecule has 1 atom stereocenters. The first-order valence-corrected chi connectivity index (χ1v) is 9.72. The van der Waals surface area contributed by atoms with E-state index in [-0.39, 0.29) is 24.6 Å². The predicted molar refractivity (Wildman–Crippen MR) is 104 cm³/mol. The van der Waals surface area contributed by atoms with Crippen LogP contribution in [0.3, 0.4) is 0 Å². The standard InChI is InChI=1S/C21H27NO6/c1-3-27-18-12-16-10-14(2)28-19(16)11-15(18)4-5-20(23)22(13-21(24)25)17-6-8-26-9-7-17/h4-5,11-12,14,17H,3,6-10,13H2,1-2H3,(H,24,25)/b5-4+. The molecular formula is C21H27NO6. The minimum Gasteiger partial charge on any atom is -0.493 e. The van der Waals surface area contributed by atoms with E-state index in [4.69, 9.17) is 14.2 Å². The highest BCUT2D eigenvalue weighted by Gasteiger charge is 2.26. The first kappa shape index (κ1) is 20.2. The van der Waals surface area contributed by atoms with Crippen molar-refractivity contribution in [3.05, 3.63) is 29.3 Å². The van der Waals surface area contributed by atoms with Crippen LogP contribution in [0, 0.1) is 0 Å². The van der Waals surface area contributed by atoms with E-state index in [9.17, 15) is 14.7 Å². The van der Waals surface area contributed by atoms with Crippen LogP contribution in [0.2, 0.25) is 0 Å². The summed E-state index contributed by atoms with van der Waals surface area (Å²) in [7, 11) is 0. The first-order chi connectivity index (χ1) is 13.5. The lowest BCUT2D eigenvalue weighted by atomic mass is 10.1. The number of aliphatic carboxylic acids is 1. The summed E-state index contributed by atoms with van der Waals surface area (Å²) in [6.07, 6.45) is 5.32. The van der Waals surface area contributed by atoms with E-state index in [1.54, 1.807) is 6.08 Å². The van der Waals surface area contributed by atoms with Crippen LogP contribution in [0.4, 0.5) is 0 Å². The average molecular weight is 389 g/mol. The summed E-state index contributed by atoms with van der Waals surface area (Å²) >= 11 is 0. The Morgan fingerprint density at radius 1 is 1.32 bits per heavy atom. The van der Waals surface area contributed by atoms with Gasteiger partial charge in [-0.25, -0.2) is 0 Å². The number of benzene rings is 1. The van der Waals surface area contributed by atoms with Gasteiger partial charge in [0, 0.05) is 42.9 Å². The number of carboxylic acid groups (broad SMARTS) is 1. The van der Waals surface area contributed by atoms with Crippen LogP contribution < -0.4 is 9.47 Å². The van der Waals surface area contributed by atoms with Crippen molar-refractivity contribution in [3.8, 4) is 11.5 Å². The second-order valence-electron chi connectivity index (χ2n) is 7.10. The third-order valence-corrected chi connectivity index (χ3v) is 4.95. The minimum absolute atomic E-state index is 0.116. The molecule has 0 bridgehead atoms. The number of ether oxygens (including phenoxy) is 3. The van der Waals surface area contributed by atoms with E-state index >= 15 is 0 Å². The lowest BCUT2D eigenvalue weighted by Crippen LogP contribution is -2.45. The number of amides is 1. The van der Waals surface area contributed by atoms with Gasteiger partial charge in [0.05, 0.1) is 6.61 Å². The molecule has 1 aromatic rings. The van der Waals surface area contributed by atoms with Gasteiger partial charge >= 0.3 is 5.97 Å². The third-order valence-electron chi connectivity index (χ3n) is 4.95. The van der Waals surface area contributed by atoms with Crippen LogP contribution in [0.5, 0.6) is 11.5 Å². The van der Waals surface area contributed by atoms with Crippen molar-refractivity contribution < 1.29 is 28.9 Å². The van der Waals surface area contributed by atoms with E-state index in [0.717, 1.165) is 23.3 Å². The third kappa shape index (κ3) is 4.84. The Morgan fingerprint density at radius 2 is 2.07 bits per heavy atom. The molecule has 2 aliphatic heterocycles. The Hall–Kier alpha value is -2.54. The SMILES string of the molecule is CCOc1cc2c(cc1/C=C/C(=O)N(CC(=O)O)C1CCOCC1)OC(C)C2. The minimum atomic E-state index is -1.02. The summed E-state index contributed by atoms with van der Waals surface area (Å²) in [6, 6.07) is 3.71. The van der Waals surface area contributed by atoms with Crippen molar-refractivity contribution in [3.63, 3.8) is 0 Å². The lowest BCUT2D eigenvalue weighted by molar-refractivity contribution is -0.145. The molecule has 0 aliphatic carbocycles. The van der Waals surface area contributed by atoms with Gasteiger partial charge in [0.2, 0.25) is 5.91 Å². The van der Waals surface area contributed by atoms with Gasteiger partial charge in [0.15, 0.2) is 0 Å². The van der Waals surface area contributed by atoms with E-state index < -0.39 is 5.97 Å². The molecule has 3 rings (SSSR count). The number of hydrogen-bond acceptors (Lipinski definition) is 5. The summed E-state index contributed by atoms with van der Waals surface area (Å²) in [5, 5.41) is 9.21. The van der Waals surface area contributed by atoms with Crippen molar-refractivity contribution in [1.82, 2.24) is 4.90 Å². The van der Waals surface area contributed by atoms with Crippen LogP contribution in [-0.4, -0.2) is 60.4 Å². The molecule has 7 nitrogen and oxygen atoms in total. The van der Waals surface area contributed by atoms with E-state index in [0.29, 0.717) is 38.4 Å². The fourth-order valence-electron chi connectivity index (χ4n) is 3.65. The topological polar surface area (TPSA) is 85.3 Å². The highest BCUT2D eigenvalue weighted by molar-refractivity contribution is 5.94. The predicted octanol–water partition coefficient (Wildman–Crippen LogP) is 2.51. The summed E-state index contributed by atoms with van der Waals surface area (Å²) in [5.74, 6) is 0.142. The van der Waals surface area contributed by atoms with Crippen LogP contribution in [-0.2, 0) is 20.7 Å². The Labute approximate surface area is 164 Å². The van der Waals surface area contributed by atoms with Crippen LogP contribution in [0.15, 0.2) is 18.2 Å². The van der Waals surface area contributed by atoms with E-state index in [1.165, 1.54) is 11.0 Å². The van der Waals surface area contributed by atoms with Crippen molar-refractivity contribution in [1.29, 1.82) is 0 Å². The van der Waals surface area contributed by atoms with Crippen LogP contribution in [0.25, 0.3) is 6.08 Å². The van der Waals surface area contributed by atoms with Crippen molar-refractivity contribution in [2.24, 2.45) is 0 Å². The number of hydrogen-bond donors (Lipinski definition) is 1. The average Bonchev–Trinajstić information content (AvgIpc) is 3.03. The number of carbonyl (C=O) groups is 2. The number of carboxylic acids is 1. The molecule has 1 fully saturated rings. The second-order valence-corrected chi connectivity index (χ2v) is 7.10. The Bertz CT molecular complexity index is 754. The fraction of sp³-hybridized carbons (Fsp3) is 0.524. The monoisotopic (exact) mass is 389 g/mol. The zero-order valence-electron chi connectivity index (χ0n) is 16.3. The molecule has 2 heterocycles. The summed E-state index contributed by atoms with van der Waals surface area (Å²) in [4.78, 5) is 25.4. The first-order valence-electron chi connectivity index (χ1n) is 9.72. The molecule has 0 aromatic heterocycles. The molecule has 28 heavy (non-hydrogen) atoms. The van der Waals surface area contributed by atoms with Crippen LogP contribution in [0.1, 0.15) is 37.8 Å². The summed E-state index contributed by atoms with van der Waals surface area (Å²) < 4.78 is 16.9. The molecule has 0 radical (unpaired) electrons. The maximum atomic E-state index is 12.8. The smallest absolute Gasteiger partial charge is 0.323 e. The summed E-state index contributed by atoms with van der Waals surface area (Å²) in [5.41, 5.74) is 1.83. The van der Waals surface area contributed by atoms with Gasteiger partial charge in [-0.2, -0.15) is 0 Å². The zero-order valence-corrected chi connectivity index (χ0v) is 16.3. The highest BCUT2D eigenvalue weighted by atomic mass is 16.5. The van der Waals surface area contributed by atoms with E-state index in [2.05, 4.69) is 0 Å². The van der Waals surface area contributed by atoms with Gasteiger partial charge in [0.25, 0.3) is 0 Å². The molecule has 0 saturated carbocycles. The van der Waals surface area contributed by atoms with Gasteiger partial charge in [-0.05, 0) is 44.9 Å². The summed E-state index contributed by atoms with van der Waals surface area (Å²) in [6.45, 7) is 5.18.